The first kappa shape index (κ1) is 20.0. The lowest BCUT2D eigenvalue weighted by atomic mass is 10.0. The fraction of sp³-hybridized carbons (Fsp3) is 0.222. The molecule has 1 N–H and O–H groups in total. The molecule has 138 valence electrons. The van der Waals surface area contributed by atoms with Gasteiger partial charge in [0.1, 0.15) is 6.04 Å². The molecule has 4 nitrogen and oxygen atoms in total. The van der Waals surface area contributed by atoms with Crippen LogP contribution in [-0.4, -0.2) is 25.0 Å². The number of methoxy groups -OCH3 is 1. The minimum atomic E-state index is -4.48. The highest BCUT2D eigenvalue weighted by molar-refractivity contribution is 9.10. The van der Waals surface area contributed by atoms with E-state index in [4.69, 9.17) is 4.74 Å². The zero-order chi connectivity index (χ0) is 19.3. The van der Waals surface area contributed by atoms with E-state index in [2.05, 4.69) is 21.2 Å². The molecule has 8 heteroatoms. The van der Waals surface area contributed by atoms with Gasteiger partial charge in [-0.2, -0.15) is 13.2 Å². The zero-order valence-corrected chi connectivity index (χ0v) is 15.2. The minimum Gasteiger partial charge on any atom is -0.467 e. The molecule has 0 fully saturated rings. The molecule has 0 heterocycles. The predicted octanol–water partition coefficient (Wildman–Crippen LogP) is 3.98. The molecule has 0 saturated heterocycles. The number of hydrogen-bond donors (Lipinski definition) is 1. The normalized spacial score (nSPS) is 12.3. The molecule has 1 atom stereocenters. The van der Waals surface area contributed by atoms with E-state index < -0.39 is 29.7 Å². The van der Waals surface area contributed by atoms with Gasteiger partial charge in [0.25, 0.3) is 5.91 Å². The number of amides is 1. The average molecular weight is 430 g/mol. The number of carbonyl (C=O) groups excluding carboxylic acids is 2. The Labute approximate surface area is 156 Å². The summed E-state index contributed by atoms with van der Waals surface area (Å²) >= 11 is 3.36. The van der Waals surface area contributed by atoms with Gasteiger partial charge in [-0.3, -0.25) is 4.79 Å². The number of halogens is 4. The number of benzene rings is 2. The zero-order valence-electron chi connectivity index (χ0n) is 13.6. The Morgan fingerprint density at radius 3 is 2.27 bits per heavy atom. The molecule has 0 spiro atoms. The van der Waals surface area contributed by atoms with Crippen LogP contribution in [0.5, 0.6) is 0 Å². The summed E-state index contributed by atoms with van der Waals surface area (Å²) in [6.07, 6.45) is -4.32. The SMILES string of the molecule is COC(=O)[C@@H](Cc1ccccc1Br)NC(=O)c1ccc(C(F)(F)F)cc1. The van der Waals surface area contributed by atoms with Gasteiger partial charge in [0.15, 0.2) is 0 Å². The van der Waals surface area contributed by atoms with Crippen LogP contribution >= 0.6 is 15.9 Å². The van der Waals surface area contributed by atoms with Gasteiger partial charge < -0.3 is 10.1 Å². The topological polar surface area (TPSA) is 55.4 Å². The molecular weight excluding hydrogens is 415 g/mol. The maximum absolute atomic E-state index is 12.6. The van der Waals surface area contributed by atoms with Crippen LogP contribution in [-0.2, 0) is 22.1 Å². The van der Waals surface area contributed by atoms with Gasteiger partial charge in [0.2, 0.25) is 0 Å². The molecule has 0 aliphatic heterocycles. The Kier molecular flexibility index (Phi) is 6.42. The van der Waals surface area contributed by atoms with Crippen LogP contribution in [0.1, 0.15) is 21.5 Å². The molecule has 0 saturated carbocycles. The fourth-order valence-corrected chi connectivity index (χ4v) is 2.72. The van der Waals surface area contributed by atoms with E-state index in [1.807, 2.05) is 6.07 Å². The van der Waals surface area contributed by atoms with E-state index in [0.717, 1.165) is 34.3 Å². The molecular formula is C18H15BrF3NO3. The third-order valence-corrected chi connectivity index (χ3v) is 4.42. The third-order valence-electron chi connectivity index (χ3n) is 3.65. The molecule has 0 aromatic heterocycles. The van der Waals surface area contributed by atoms with Gasteiger partial charge in [-0.15, -0.1) is 0 Å². The quantitative estimate of drug-likeness (QED) is 0.731. The highest BCUT2D eigenvalue weighted by atomic mass is 79.9. The summed E-state index contributed by atoms with van der Waals surface area (Å²) in [6, 6.07) is 9.94. The Morgan fingerprint density at radius 2 is 1.73 bits per heavy atom. The van der Waals surface area contributed by atoms with E-state index in [0.29, 0.717) is 0 Å². The van der Waals surface area contributed by atoms with Gasteiger partial charge in [0, 0.05) is 16.5 Å². The number of nitrogens with one attached hydrogen (secondary N) is 1. The summed E-state index contributed by atoms with van der Waals surface area (Å²) in [4.78, 5) is 24.3. The van der Waals surface area contributed by atoms with Gasteiger partial charge in [-0.1, -0.05) is 34.1 Å². The summed E-state index contributed by atoms with van der Waals surface area (Å²) in [6.45, 7) is 0. The van der Waals surface area contributed by atoms with Crippen molar-refractivity contribution >= 4 is 27.8 Å². The summed E-state index contributed by atoms with van der Waals surface area (Å²) in [5, 5.41) is 2.50. The lowest BCUT2D eigenvalue weighted by molar-refractivity contribution is -0.142. The number of carbonyl (C=O) groups is 2. The average Bonchev–Trinajstić information content (AvgIpc) is 2.61. The first-order valence-corrected chi connectivity index (χ1v) is 8.31. The van der Waals surface area contributed by atoms with E-state index in [-0.39, 0.29) is 12.0 Å². The molecule has 1 amide bonds. The first-order chi connectivity index (χ1) is 12.2. The molecule has 0 aliphatic rings. The molecule has 26 heavy (non-hydrogen) atoms. The highest BCUT2D eigenvalue weighted by Crippen LogP contribution is 2.29. The van der Waals surface area contributed by atoms with Crippen molar-refractivity contribution in [1.29, 1.82) is 0 Å². The number of alkyl halides is 3. The monoisotopic (exact) mass is 429 g/mol. The van der Waals surface area contributed by atoms with Crippen LogP contribution in [0.3, 0.4) is 0 Å². The standard InChI is InChI=1S/C18H15BrF3NO3/c1-26-17(25)15(10-12-4-2-3-5-14(12)19)23-16(24)11-6-8-13(9-7-11)18(20,21)22/h2-9,15H,10H2,1H3,(H,23,24)/t15-/m1/s1. The van der Waals surface area contributed by atoms with Gasteiger partial charge >= 0.3 is 12.1 Å². The van der Waals surface area contributed by atoms with E-state index >= 15 is 0 Å². The van der Waals surface area contributed by atoms with E-state index in [1.54, 1.807) is 18.2 Å². The van der Waals surface area contributed by atoms with Gasteiger partial charge in [-0.25, -0.2) is 4.79 Å². The van der Waals surface area contributed by atoms with Crippen molar-refractivity contribution in [2.75, 3.05) is 7.11 Å². The largest absolute Gasteiger partial charge is 0.467 e. The van der Waals surface area contributed by atoms with Crippen LogP contribution in [0.25, 0.3) is 0 Å². The smallest absolute Gasteiger partial charge is 0.416 e. The number of esters is 1. The van der Waals surface area contributed by atoms with E-state index in [1.165, 1.54) is 7.11 Å². The summed E-state index contributed by atoms with van der Waals surface area (Å²) in [5.41, 5.74) is -0.0681. The molecule has 2 rings (SSSR count). The van der Waals surface area contributed by atoms with Crippen molar-refractivity contribution in [3.05, 3.63) is 69.7 Å². The molecule has 0 aliphatic carbocycles. The lowest BCUT2D eigenvalue weighted by Crippen LogP contribution is -2.43. The molecule has 2 aromatic rings. The Bertz CT molecular complexity index is 791. The predicted molar refractivity (Wildman–Crippen MR) is 92.6 cm³/mol. The Balaban J connectivity index is 2.16. The van der Waals surface area contributed by atoms with Crippen LogP contribution in [0.4, 0.5) is 13.2 Å². The van der Waals surface area contributed by atoms with Crippen LogP contribution in [0.2, 0.25) is 0 Å². The Hall–Kier alpha value is -2.35. The van der Waals surface area contributed by atoms with Crippen molar-refractivity contribution in [3.63, 3.8) is 0 Å². The summed E-state index contributed by atoms with van der Waals surface area (Å²) in [7, 11) is 1.19. The van der Waals surface area contributed by atoms with Crippen molar-refractivity contribution < 1.29 is 27.5 Å². The Morgan fingerprint density at radius 1 is 1.12 bits per heavy atom. The number of ether oxygens (including phenoxy) is 1. The maximum atomic E-state index is 12.6. The second-order valence-corrected chi connectivity index (χ2v) is 6.27. The molecule has 0 bridgehead atoms. The van der Waals surface area contributed by atoms with Gasteiger partial charge in [-0.05, 0) is 35.9 Å². The van der Waals surface area contributed by atoms with Crippen LogP contribution in [0, 0.1) is 0 Å². The molecule has 0 radical (unpaired) electrons. The van der Waals surface area contributed by atoms with Crippen LogP contribution in [0.15, 0.2) is 53.0 Å². The maximum Gasteiger partial charge on any atom is 0.416 e. The number of rotatable bonds is 5. The molecule has 2 aromatic carbocycles. The van der Waals surface area contributed by atoms with Crippen molar-refractivity contribution in [3.8, 4) is 0 Å². The third kappa shape index (κ3) is 5.08. The molecule has 0 unspecified atom stereocenters. The van der Waals surface area contributed by atoms with Crippen molar-refractivity contribution in [1.82, 2.24) is 5.32 Å². The van der Waals surface area contributed by atoms with E-state index in [9.17, 15) is 22.8 Å². The van der Waals surface area contributed by atoms with Gasteiger partial charge in [0.05, 0.1) is 12.7 Å². The first-order valence-electron chi connectivity index (χ1n) is 7.51. The second-order valence-electron chi connectivity index (χ2n) is 5.42. The lowest BCUT2D eigenvalue weighted by Gasteiger charge is -2.17. The highest BCUT2D eigenvalue weighted by Gasteiger charge is 2.30. The van der Waals surface area contributed by atoms with Crippen LogP contribution < -0.4 is 5.32 Å². The fourth-order valence-electron chi connectivity index (χ4n) is 2.27. The summed E-state index contributed by atoms with van der Waals surface area (Å²) < 4.78 is 43.3. The van der Waals surface area contributed by atoms with Crippen molar-refractivity contribution in [2.24, 2.45) is 0 Å². The van der Waals surface area contributed by atoms with Crippen molar-refractivity contribution in [2.45, 2.75) is 18.6 Å². The summed E-state index contributed by atoms with van der Waals surface area (Å²) in [5.74, 6) is -1.32. The number of hydrogen-bond acceptors (Lipinski definition) is 3. The second kappa shape index (κ2) is 8.35. The minimum absolute atomic E-state index is 0.0130.